The minimum Gasteiger partial charge on any atom is -0.380 e. The fourth-order valence-corrected chi connectivity index (χ4v) is 7.21. The SMILES string of the molecule is COC1CN(C)CC(N)(c2ccccc2)C1.COC1CN(C)CC(NC(=O)c2ccc(C(F)(F)F)cc2C2CC2)(c2ccccc2)C1. The first-order chi connectivity index (χ1) is 22.4. The van der Waals surface area contributed by atoms with Crippen LogP contribution in [0.2, 0.25) is 0 Å². The maximum atomic E-state index is 13.5. The number of likely N-dealkylation sites (tertiary alicyclic amines) is 2. The number of hydrogen-bond acceptors (Lipinski definition) is 6. The van der Waals surface area contributed by atoms with E-state index in [4.69, 9.17) is 15.2 Å². The second-order valence-electron chi connectivity index (χ2n) is 13.5. The van der Waals surface area contributed by atoms with Gasteiger partial charge in [0.25, 0.3) is 5.91 Å². The van der Waals surface area contributed by atoms with Crippen molar-refractivity contribution in [3.8, 4) is 0 Å². The summed E-state index contributed by atoms with van der Waals surface area (Å²) in [5, 5.41) is 3.20. The molecule has 2 saturated heterocycles. The molecular formula is C37H47F3N4O3. The summed E-state index contributed by atoms with van der Waals surface area (Å²) in [6.45, 7) is 3.18. The lowest BCUT2D eigenvalue weighted by Gasteiger charge is -2.45. The van der Waals surface area contributed by atoms with Gasteiger partial charge in [-0.05, 0) is 74.2 Å². The Morgan fingerprint density at radius 2 is 1.38 bits per heavy atom. The van der Waals surface area contributed by atoms with Crippen LogP contribution in [0.15, 0.2) is 78.9 Å². The predicted octanol–water partition coefficient (Wildman–Crippen LogP) is 5.75. The van der Waals surface area contributed by atoms with Crippen LogP contribution in [0.4, 0.5) is 13.2 Å². The van der Waals surface area contributed by atoms with Crippen LogP contribution in [-0.4, -0.2) is 82.4 Å². The lowest BCUT2D eigenvalue weighted by atomic mass is 9.80. The Kier molecular flexibility index (Phi) is 10.8. The van der Waals surface area contributed by atoms with Crippen molar-refractivity contribution in [3.63, 3.8) is 0 Å². The van der Waals surface area contributed by atoms with Crippen LogP contribution in [0, 0.1) is 0 Å². The number of ether oxygens (including phenoxy) is 2. The third-order valence-corrected chi connectivity index (χ3v) is 9.63. The van der Waals surface area contributed by atoms with E-state index in [0.29, 0.717) is 24.1 Å². The zero-order valence-electron chi connectivity index (χ0n) is 27.7. The molecule has 3 N–H and O–H groups in total. The Labute approximate surface area is 276 Å². The maximum Gasteiger partial charge on any atom is 0.416 e. The second-order valence-corrected chi connectivity index (χ2v) is 13.5. The summed E-state index contributed by atoms with van der Waals surface area (Å²) in [7, 11) is 7.48. The van der Waals surface area contributed by atoms with Crippen molar-refractivity contribution in [2.24, 2.45) is 5.73 Å². The second kappa shape index (κ2) is 14.5. The van der Waals surface area contributed by atoms with E-state index in [2.05, 4.69) is 34.3 Å². The number of nitrogens with zero attached hydrogens (tertiary/aromatic N) is 2. The average molecular weight is 653 g/mol. The normalized spacial score (nSPS) is 27.1. The first kappa shape index (κ1) is 35.0. The smallest absolute Gasteiger partial charge is 0.380 e. The van der Waals surface area contributed by atoms with E-state index in [9.17, 15) is 18.0 Å². The molecule has 3 aromatic carbocycles. The number of halogens is 3. The number of rotatable bonds is 7. The summed E-state index contributed by atoms with van der Waals surface area (Å²) in [5.74, 6) is -0.332. The van der Waals surface area contributed by atoms with Gasteiger partial charge in [0.05, 0.1) is 28.8 Å². The highest BCUT2D eigenvalue weighted by Crippen LogP contribution is 2.44. The highest BCUT2D eigenvalue weighted by atomic mass is 19.4. The highest BCUT2D eigenvalue weighted by molar-refractivity contribution is 5.96. The molecule has 10 heteroatoms. The minimum atomic E-state index is -4.43. The molecule has 2 heterocycles. The summed E-state index contributed by atoms with van der Waals surface area (Å²) in [6.07, 6.45) is -1.19. The highest BCUT2D eigenvalue weighted by Gasteiger charge is 2.43. The number of carbonyl (C=O) groups is 1. The largest absolute Gasteiger partial charge is 0.416 e. The van der Waals surface area contributed by atoms with E-state index in [1.54, 1.807) is 14.2 Å². The zero-order chi connectivity index (χ0) is 33.8. The number of amides is 1. The monoisotopic (exact) mass is 652 g/mol. The van der Waals surface area contributed by atoms with E-state index in [1.165, 1.54) is 11.6 Å². The van der Waals surface area contributed by atoms with Gasteiger partial charge in [0, 0.05) is 52.4 Å². The number of piperidine rings is 2. The van der Waals surface area contributed by atoms with Crippen molar-refractivity contribution in [2.75, 3.05) is 54.5 Å². The summed E-state index contributed by atoms with van der Waals surface area (Å²) in [5.41, 5.74) is 7.79. The van der Waals surface area contributed by atoms with E-state index in [-0.39, 0.29) is 29.6 Å². The van der Waals surface area contributed by atoms with Crippen LogP contribution in [0.3, 0.4) is 0 Å². The molecule has 1 saturated carbocycles. The van der Waals surface area contributed by atoms with Gasteiger partial charge in [-0.1, -0.05) is 60.7 Å². The van der Waals surface area contributed by atoms with E-state index < -0.39 is 17.3 Å². The molecule has 7 nitrogen and oxygen atoms in total. The lowest BCUT2D eigenvalue weighted by Crippen LogP contribution is -2.59. The average Bonchev–Trinajstić information content (AvgIpc) is 3.90. The van der Waals surface area contributed by atoms with Crippen molar-refractivity contribution < 1.29 is 27.4 Å². The van der Waals surface area contributed by atoms with Gasteiger partial charge in [-0.2, -0.15) is 13.2 Å². The molecule has 3 aliphatic rings. The maximum absolute atomic E-state index is 13.5. The van der Waals surface area contributed by atoms with Gasteiger partial charge in [-0.15, -0.1) is 0 Å². The van der Waals surface area contributed by atoms with Crippen molar-refractivity contribution in [3.05, 3.63) is 107 Å². The molecule has 0 bridgehead atoms. The molecule has 4 unspecified atom stereocenters. The Morgan fingerprint density at radius 1 is 0.830 bits per heavy atom. The summed E-state index contributed by atoms with van der Waals surface area (Å²) in [6, 6.07) is 23.5. The van der Waals surface area contributed by atoms with Crippen molar-refractivity contribution in [1.29, 1.82) is 0 Å². The Balaban J connectivity index is 0.000000227. The Hall–Kier alpha value is -3.28. The van der Waals surface area contributed by atoms with Crippen LogP contribution in [0.1, 0.15) is 64.2 Å². The topological polar surface area (TPSA) is 80.1 Å². The molecule has 0 aromatic heterocycles. The summed E-state index contributed by atoms with van der Waals surface area (Å²) >= 11 is 0. The lowest BCUT2D eigenvalue weighted by molar-refractivity contribution is -0.137. The van der Waals surface area contributed by atoms with Crippen LogP contribution in [0.5, 0.6) is 0 Å². The fourth-order valence-electron chi connectivity index (χ4n) is 7.21. The van der Waals surface area contributed by atoms with Crippen LogP contribution in [-0.2, 0) is 26.7 Å². The number of nitrogens with two attached hydrogens (primary N) is 1. The quantitative estimate of drug-likeness (QED) is 0.339. The van der Waals surface area contributed by atoms with Crippen LogP contribution in [0.25, 0.3) is 0 Å². The number of likely N-dealkylation sites (N-methyl/N-ethyl adjacent to an activating group) is 2. The summed E-state index contributed by atoms with van der Waals surface area (Å²) in [4.78, 5) is 17.8. The molecule has 3 fully saturated rings. The first-order valence-corrected chi connectivity index (χ1v) is 16.2. The summed E-state index contributed by atoms with van der Waals surface area (Å²) < 4.78 is 50.8. The number of nitrogens with one attached hydrogen (secondary N) is 1. The molecular weight excluding hydrogens is 605 g/mol. The Morgan fingerprint density at radius 3 is 1.94 bits per heavy atom. The molecule has 3 aromatic rings. The molecule has 6 rings (SSSR count). The number of benzene rings is 3. The number of hydrogen-bond donors (Lipinski definition) is 2. The van der Waals surface area contributed by atoms with Crippen LogP contribution >= 0.6 is 0 Å². The van der Waals surface area contributed by atoms with Gasteiger partial charge in [0.1, 0.15) is 0 Å². The molecule has 254 valence electrons. The molecule has 2 aliphatic heterocycles. The Bertz CT molecular complexity index is 1490. The predicted molar refractivity (Wildman–Crippen MR) is 177 cm³/mol. The molecule has 0 spiro atoms. The molecule has 0 radical (unpaired) electrons. The van der Waals surface area contributed by atoms with Gasteiger partial charge in [-0.3, -0.25) is 4.79 Å². The standard InChI is InChI=1S/C24H27F3N2O2.C13H20N2O/c1-29-14-19(31-2)13-23(15-29,17-6-4-3-5-7-17)28-22(30)20-11-10-18(24(25,26)27)12-21(20)16-8-9-16;1-15-9-12(16-2)8-13(14,10-15)11-6-4-3-5-7-11/h3-7,10-12,16,19H,8-9,13-15H2,1-2H3,(H,28,30);3-7,12H,8-10,14H2,1-2H3. The molecule has 4 atom stereocenters. The number of methoxy groups -OCH3 is 2. The van der Waals surface area contributed by atoms with Crippen LogP contribution < -0.4 is 11.1 Å². The third kappa shape index (κ3) is 8.42. The van der Waals surface area contributed by atoms with E-state index in [0.717, 1.165) is 56.6 Å². The van der Waals surface area contributed by atoms with E-state index >= 15 is 0 Å². The zero-order valence-corrected chi connectivity index (χ0v) is 27.7. The van der Waals surface area contributed by atoms with Gasteiger partial charge in [0.15, 0.2) is 0 Å². The van der Waals surface area contributed by atoms with Gasteiger partial charge in [0.2, 0.25) is 0 Å². The number of carbonyl (C=O) groups excluding carboxylic acids is 1. The molecule has 1 aliphatic carbocycles. The van der Waals surface area contributed by atoms with Gasteiger partial charge >= 0.3 is 6.18 Å². The first-order valence-electron chi connectivity index (χ1n) is 16.2. The van der Waals surface area contributed by atoms with Crippen molar-refractivity contribution in [1.82, 2.24) is 15.1 Å². The molecule has 47 heavy (non-hydrogen) atoms. The minimum absolute atomic E-state index is 0.0106. The van der Waals surface area contributed by atoms with E-state index in [1.807, 2.05) is 55.6 Å². The van der Waals surface area contributed by atoms with Crippen molar-refractivity contribution >= 4 is 5.91 Å². The fraction of sp³-hybridized carbons (Fsp3) is 0.486. The number of alkyl halides is 3. The van der Waals surface area contributed by atoms with Crippen molar-refractivity contribution in [2.45, 2.75) is 61.1 Å². The molecule has 1 amide bonds. The third-order valence-electron chi connectivity index (χ3n) is 9.63. The van der Waals surface area contributed by atoms with Gasteiger partial charge < -0.3 is 30.3 Å². The van der Waals surface area contributed by atoms with Gasteiger partial charge in [-0.25, -0.2) is 0 Å².